The van der Waals surface area contributed by atoms with E-state index in [0.29, 0.717) is 24.5 Å². The molecule has 2 aliphatic heterocycles. The maximum atomic E-state index is 12.5. The molecule has 3 heterocycles. The third kappa shape index (κ3) is 5.10. The Bertz CT molecular complexity index is 1280. The van der Waals surface area contributed by atoms with Crippen LogP contribution in [0.3, 0.4) is 0 Å². The summed E-state index contributed by atoms with van der Waals surface area (Å²) >= 11 is 0. The van der Waals surface area contributed by atoms with Crippen molar-refractivity contribution in [3.8, 4) is 0 Å². The summed E-state index contributed by atoms with van der Waals surface area (Å²) in [6.45, 7) is 0.364. The number of benzene rings is 1. The molecular formula is C19H25N5O6S2. The molecule has 1 saturated heterocycles. The molecule has 0 saturated carbocycles. The SMILES string of the molecule is O=C(Cn1nc2n(c1=O)CCCCC2)Nc1ccc(S(=O)(=O)N[C@H]2CCS(=O)(=O)C2)cc1. The first-order valence-electron chi connectivity index (χ1n) is 10.4. The highest BCUT2D eigenvalue weighted by atomic mass is 32.2. The van der Waals surface area contributed by atoms with Crippen LogP contribution in [0, 0.1) is 0 Å². The summed E-state index contributed by atoms with van der Waals surface area (Å²) in [5.74, 6) is -0.00626. The van der Waals surface area contributed by atoms with Crippen molar-refractivity contribution in [2.75, 3.05) is 16.8 Å². The van der Waals surface area contributed by atoms with E-state index in [1.807, 2.05) is 0 Å². The lowest BCUT2D eigenvalue weighted by molar-refractivity contribution is -0.117. The number of amides is 1. The molecular weight excluding hydrogens is 458 g/mol. The molecule has 13 heteroatoms. The first-order valence-corrected chi connectivity index (χ1v) is 13.7. The highest BCUT2D eigenvalue weighted by molar-refractivity contribution is 7.92. The van der Waals surface area contributed by atoms with Crippen LogP contribution in [-0.4, -0.2) is 54.6 Å². The van der Waals surface area contributed by atoms with E-state index in [4.69, 9.17) is 0 Å². The van der Waals surface area contributed by atoms with Crippen LogP contribution >= 0.6 is 0 Å². The highest BCUT2D eigenvalue weighted by Crippen LogP contribution is 2.18. The number of anilines is 1. The summed E-state index contributed by atoms with van der Waals surface area (Å²) < 4.78 is 53.2. The minimum Gasteiger partial charge on any atom is -0.324 e. The van der Waals surface area contributed by atoms with Crippen molar-refractivity contribution in [3.63, 3.8) is 0 Å². The van der Waals surface area contributed by atoms with Gasteiger partial charge in [-0.2, -0.15) is 5.10 Å². The van der Waals surface area contributed by atoms with Gasteiger partial charge in [0, 0.05) is 24.7 Å². The maximum absolute atomic E-state index is 12.5. The van der Waals surface area contributed by atoms with Crippen LogP contribution in [0.1, 0.15) is 31.5 Å². The lowest BCUT2D eigenvalue weighted by atomic mass is 10.2. The fourth-order valence-corrected chi connectivity index (χ4v) is 7.01. The van der Waals surface area contributed by atoms with Gasteiger partial charge in [-0.3, -0.25) is 9.36 Å². The lowest BCUT2D eigenvalue weighted by Crippen LogP contribution is -2.35. The van der Waals surface area contributed by atoms with E-state index in [2.05, 4.69) is 15.1 Å². The third-order valence-electron chi connectivity index (χ3n) is 5.58. The van der Waals surface area contributed by atoms with Crippen LogP contribution in [0.15, 0.2) is 34.0 Å². The second-order valence-corrected chi connectivity index (χ2v) is 12.1. The fourth-order valence-electron chi connectivity index (χ4n) is 3.96. The van der Waals surface area contributed by atoms with Gasteiger partial charge in [-0.1, -0.05) is 6.42 Å². The molecule has 11 nitrogen and oxygen atoms in total. The van der Waals surface area contributed by atoms with Crippen molar-refractivity contribution >= 4 is 31.5 Å². The Balaban J connectivity index is 1.38. The summed E-state index contributed by atoms with van der Waals surface area (Å²) in [4.78, 5) is 24.8. The molecule has 2 N–H and O–H groups in total. The van der Waals surface area contributed by atoms with Crippen LogP contribution in [0.2, 0.25) is 0 Å². The fraction of sp³-hybridized carbons (Fsp3) is 0.526. The number of nitrogens with zero attached hydrogens (tertiary/aromatic N) is 3. The number of nitrogens with one attached hydrogen (secondary N) is 2. The number of carbonyl (C=O) groups excluding carboxylic acids is 1. The van der Waals surface area contributed by atoms with E-state index < -0.39 is 31.8 Å². The molecule has 174 valence electrons. The van der Waals surface area contributed by atoms with Gasteiger partial charge in [0.1, 0.15) is 12.4 Å². The van der Waals surface area contributed by atoms with E-state index >= 15 is 0 Å². The number of hydrogen-bond donors (Lipinski definition) is 2. The average molecular weight is 484 g/mol. The molecule has 0 radical (unpaired) electrons. The van der Waals surface area contributed by atoms with Crippen LogP contribution < -0.4 is 15.7 Å². The number of aromatic nitrogens is 3. The number of hydrogen-bond acceptors (Lipinski definition) is 7. The topological polar surface area (TPSA) is 149 Å². The van der Waals surface area contributed by atoms with Gasteiger partial charge in [-0.25, -0.2) is 31.0 Å². The minimum atomic E-state index is -3.88. The number of sulfone groups is 1. The minimum absolute atomic E-state index is 0.0335. The number of sulfonamides is 1. The van der Waals surface area contributed by atoms with Crippen molar-refractivity contribution in [2.24, 2.45) is 0 Å². The Labute approximate surface area is 185 Å². The molecule has 1 fully saturated rings. The van der Waals surface area contributed by atoms with Gasteiger partial charge in [0.2, 0.25) is 15.9 Å². The first kappa shape index (κ1) is 22.7. The molecule has 4 rings (SSSR count). The van der Waals surface area contributed by atoms with Gasteiger partial charge in [-0.15, -0.1) is 0 Å². The van der Waals surface area contributed by atoms with Crippen LogP contribution in [0.4, 0.5) is 5.69 Å². The summed E-state index contributed by atoms with van der Waals surface area (Å²) in [6.07, 6.45) is 3.87. The highest BCUT2D eigenvalue weighted by Gasteiger charge is 2.31. The molecule has 0 unspecified atom stereocenters. The standard InChI is InChI=1S/C19H25N5O6S2/c25-18(12-24-19(26)23-10-3-1-2-4-17(23)21-24)20-14-5-7-16(8-6-14)32(29,30)22-15-9-11-31(27,28)13-15/h5-8,15,22H,1-4,9-13H2,(H,20,25)/t15-/m0/s1. The second-order valence-electron chi connectivity index (χ2n) is 8.11. The smallest absolute Gasteiger partial charge is 0.324 e. The maximum Gasteiger partial charge on any atom is 0.346 e. The van der Waals surface area contributed by atoms with Crippen molar-refractivity contribution in [1.82, 2.24) is 19.1 Å². The van der Waals surface area contributed by atoms with Crippen LogP contribution in [0.25, 0.3) is 0 Å². The molecule has 0 aliphatic carbocycles. The van der Waals surface area contributed by atoms with E-state index in [1.165, 1.54) is 24.3 Å². The van der Waals surface area contributed by atoms with Gasteiger partial charge in [0.25, 0.3) is 0 Å². The number of aryl methyl sites for hydroxylation is 1. The van der Waals surface area contributed by atoms with E-state index in [9.17, 15) is 26.4 Å². The molecule has 1 aromatic carbocycles. The summed E-state index contributed by atoms with van der Waals surface area (Å²) in [6, 6.07) is 4.87. The Hall–Kier alpha value is -2.51. The van der Waals surface area contributed by atoms with Gasteiger partial charge >= 0.3 is 5.69 Å². The molecule has 1 amide bonds. The van der Waals surface area contributed by atoms with Crippen LogP contribution in [-0.2, 0) is 44.2 Å². The quantitative estimate of drug-likeness (QED) is 0.581. The van der Waals surface area contributed by atoms with Crippen molar-refractivity contribution in [1.29, 1.82) is 0 Å². The zero-order valence-electron chi connectivity index (χ0n) is 17.4. The second kappa shape index (κ2) is 8.79. The number of rotatable bonds is 6. The Morgan fingerprint density at radius 2 is 1.91 bits per heavy atom. The van der Waals surface area contributed by atoms with E-state index in [0.717, 1.165) is 23.9 Å². The summed E-state index contributed by atoms with van der Waals surface area (Å²) in [7, 11) is -7.09. The molecule has 32 heavy (non-hydrogen) atoms. The predicted octanol–water partition coefficient (Wildman–Crippen LogP) is -0.125. The number of carbonyl (C=O) groups is 1. The Morgan fingerprint density at radius 1 is 1.16 bits per heavy atom. The molecule has 0 bridgehead atoms. The summed E-state index contributed by atoms with van der Waals surface area (Å²) in [5.41, 5.74) is 0.0599. The lowest BCUT2D eigenvalue weighted by Gasteiger charge is -2.12. The zero-order valence-corrected chi connectivity index (χ0v) is 19.0. The molecule has 1 aromatic heterocycles. The first-order chi connectivity index (χ1) is 15.1. The average Bonchev–Trinajstić information content (AvgIpc) is 3.09. The number of fused-ring (bicyclic) bond motifs is 1. The summed E-state index contributed by atoms with van der Waals surface area (Å²) in [5, 5.41) is 6.90. The predicted molar refractivity (Wildman–Crippen MR) is 116 cm³/mol. The molecule has 2 aromatic rings. The van der Waals surface area contributed by atoms with Crippen LogP contribution in [0.5, 0.6) is 0 Å². The molecule has 0 spiro atoms. The monoisotopic (exact) mass is 483 g/mol. The zero-order chi connectivity index (χ0) is 22.9. The van der Waals surface area contributed by atoms with Gasteiger partial charge in [-0.05, 0) is 43.5 Å². The van der Waals surface area contributed by atoms with Gasteiger partial charge in [0.15, 0.2) is 9.84 Å². The van der Waals surface area contributed by atoms with Crippen molar-refractivity contribution < 1.29 is 21.6 Å². The Kier molecular flexibility index (Phi) is 6.23. The largest absolute Gasteiger partial charge is 0.346 e. The van der Waals surface area contributed by atoms with Crippen molar-refractivity contribution in [2.45, 2.75) is 56.1 Å². The van der Waals surface area contributed by atoms with Gasteiger partial charge in [0.05, 0.1) is 16.4 Å². The molecule has 2 aliphatic rings. The van der Waals surface area contributed by atoms with Crippen molar-refractivity contribution in [3.05, 3.63) is 40.6 Å². The Morgan fingerprint density at radius 3 is 2.59 bits per heavy atom. The normalized spacial score (nSPS) is 20.4. The van der Waals surface area contributed by atoms with Gasteiger partial charge < -0.3 is 5.32 Å². The third-order valence-corrected chi connectivity index (χ3v) is 8.88. The van der Waals surface area contributed by atoms with E-state index in [1.54, 1.807) is 4.57 Å². The molecule has 1 atom stereocenters. The van der Waals surface area contributed by atoms with E-state index in [-0.39, 0.29) is 35.1 Å².